The Labute approximate surface area is 230 Å². The number of aryl methyl sites for hydroxylation is 1. The van der Waals surface area contributed by atoms with Crippen molar-refractivity contribution in [3.63, 3.8) is 0 Å². The zero-order valence-electron chi connectivity index (χ0n) is 22.9. The van der Waals surface area contributed by atoms with Crippen molar-refractivity contribution in [2.75, 3.05) is 13.1 Å². The summed E-state index contributed by atoms with van der Waals surface area (Å²) in [5.74, 6) is 0.614. The molecule has 200 valence electrons. The van der Waals surface area contributed by atoms with Crippen LogP contribution in [-0.4, -0.2) is 33.4 Å². The third-order valence-corrected chi connectivity index (χ3v) is 7.51. The molecule has 0 fully saturated rings. The summed E-state index contributed by atoms with van der Waals surface area (Å²) in [5.41, 5.74) is 12.0. The van der Waals surface area contributed by atoms with Crippen molar-refractivity contribution in [2.45, 2.75) is 46.2 Å². The van der Waals surface area contributed by atoms with Gasteiger partial charge in [0.15, 0.2) is 0 Å². The van der Waals surface area contributed by atoms with Crippen LogP contribution < -0.4 is 11.3 Å². The lowest BCUT2D eigenvalue weighted by Crippen LogP contribution is -2.41. The van der Waals surface area contributed by atoms with Gasteiger partial charge in [0, 0.05) is 29.7 Å². The van der Waals surface area contributed by atoms with Crippen LogP contribution in [0.1, 0.15) is 64.6 Å². The molecule has 0 saturated carbocycles. The molecule has 4 aromatic rings. The van der Waals surface area contributed by atoms with Crippen LogP contribution in [0.5, 0.6) is 0 Å². The lowest BCUT2D eigenvalue weighted by Gasteiger charge is -2.35. The molecule has 0 spiro atoms. The van der Waals surface area contributed by atoms with Gasteiger partial charge in [-0.3, -0.25) is 14.2 Å². The second-order valence-corrected chi connectivity index (χ2v) is 10.7. The maximum absolute atomic E-state index is 14.2. The van der Waals surface area contributed by atoms with E-state index >= 15 is 0 Å². The molecule has 2 heterocycles. The van der Waals surface area contributed by atoms with E-state index in [0.717, 1.165) is 22.3 Å². The topological polar surface area (TPSA) is 81.2 Å². The summed E-state index contributed by atoms with van der Waals surface area (Å²) >= 11 is 0. The number of nitrogens with zero attached hydrogens (tertiary/aromatic N) is 3. The van der Waals surface area contributed by atoms with Gasteiger partial charge in [0.1, 0.15) is 5.82 Å². The molecular formula is C33H36N4O2. The number of fused-ring (bicyclic) bond motifs is 3. The Morgan fingerprint density at radius 2 is 1.69 bits per heavy atom. The standard InChI is InChI=1S/C33H36N4O2/c1-22(2)30(36(19-9-18-34)32(38)25-16-14-23(3)15-17-25)29-28(20-24-10-5-4-6-11-24)33(39)37-21-26-12-7-8-13-27(26)31(37)35-29/h4-8,10-17,22,30H,9,18-21,34H2,1-3H3. The first-order chi connectivity index (χ1) is 18.9. The molecule has 3 aromatic carbocycles. The molecule has 0 radical (unpaired) electrons. The van der Waals surface area contributed by atoms with Crippen LogP contribution in [0.15, 0.2) is 83.7 Å². The number of carbonyl (C=O) groups excluding carboxylic acids is 1. The molecule has 0 aliphatic carbocycles. The Morgan fingerprint density at radius 1 is 1.00 bits per heavy atom. The summed E-state index contributed by atoms with van der Waals surface area (Å²) in [5, 5.41) is 0. The van der Waals surface area contributed by atoms with Crippen molar-refractivity contribution in [1.29, 1.82) is 0 Å². The quantitative estimate of drug-likeness (QED) is 0.284. The molecule has 1 unspecified atom stereocenters. The number of aromatic nitrogens is 2. The number of rotatable bonds is 9. The first-order valence-electron chi connectivity index (χ1n) is 13.7. The van der Waals surface area contributed by atoms with Gasteiger partial charge in [-0.2, -0.15) is 0 Å². The predicted molar refractivity (Wildman–Crippen MR) is 156 cm³/mol. The molecule has 0 bridgehead atoms. The van der Waals surface area contributed by atoms with Crippen LogP contribution in [0.25, 0.3) is 11.4 Å². The summed E-state index contributed by atoms with van der Waals surface area (Å²) in [6.07, 6.45) is 1.10. The fraction of sp³-hybridized carbons (Fsp3) is 0.303. The molecule has 6 heteroatoms. The van der Waals surface area contributed by atoms with E-state index in [9.17, 15) is 9.59 Å². The molecule has 1 aliphatic heterocycles. The second kappa shape index (κ2) is 11.4. The van der Waals surface area contributed by atoms with Crippen molar-refractivity contribution in [3.05, 3.63) is 123 Å². The van der Waals surface area contributed by atoms with Gasteiger partial charge in [-0.05, 0) is 49.1 Å². The van der Waals surface area contributed by atoms with Crippen LogP contribution in [0.4, 0.5) is 0 Å². The minimum absolute atomic E-state index is 0.0123. The second-order valence-electron chi connectivity index (χ2n) is 10.7. The largest absolute Gasteiger partial charge is 0.330 e. The van der Waals surface area contributed by atoms with E-state index in [1.165, 1.54) is 0 Å². The van der Waals surface area contributed by atoms with Gasteiger partial charge in [0.2, 0.25) is 0 Å². The van der Waals surface area contributed by atoms with Gasteiger partial charge in [-0.25, -0.2) is 4.98 Å². The van der Waals surface area contributed by atoms with Crippen molar-refractivity contribution >= 4 is 5.91 Å². The van der Waals surface area contributed by atoms with Crippen molar-refractivity contribution in [3.8, 4) is 11.4 Å². The highest BCUT2D eigenvalue weighted by molar-refractivity contribution is 5.94. The Morgan fingerprint density at radius 3 is 2.38 bits per heavy atom. The van der Waals surface area contributed by atoms with Gasteiger partial charge < -0.3 is 10.6 Å². The number of hydrogen-bond acceptors (Lipinski definition) is 4. The highest BCUT2D eigenvalue weighted by atomic mass is 16.2. The maximum Gasteiger partial charge on any atom is 0.257 e. The Bertz CT molecular complexity index is 1520. The van der Waals surface area contributed by atoms with E-state index in [1.807, 2.05) is 90.7 Å². The summed E-state index contributed by atoms with van der Waals surface area (Å²) in [7, 11) is 0. The average molecular weight is 521 g/mol. The smallest absolute Gasteiger partial charge is 0.257 e. The highest BCUT2D eigenvalue weighted by Gasteiger charge is 2.34. The average Bonchev–Trinajstić information content (AvgIpc) is 3.32. The molecule has 1 atom stereocenters. The molecule has 0 saturated heterocycles. The van der Waals surface area contributed by atoms with Crippen LogP contribution in [-0.2, 0) is 13.0 Å². The molecule has 39 heavy (non-hydrogen) atoms. The molecule has 1 aromatic heterocycles. The van der Waals surface area contributed by atoms with E-state index < -0.39 is 6.04 Å². The van der Waals surface area contributed by atoms with E-state index in [0.29, 0.717) is 55.1 Å². The molecule has 6 nitrogen and oxygen atoms in total. The third kappa shape index (κ3) is 5.30. The SMILES string of the molecule is Cc1ccc(C(=O)N(CCCN)C(c2nc3n(c(=O)c2Cc2ccccc2)Cc2ccccc2-3)C(C)C)cc1. The summed E-state index contributed by atoms with van der Waals surface area (Å²) < 4.78 is 1.79. The predicted octanol–water partition coefficient (Wildman–Crippen LogP) is 5.36. The van der Waals surface area contributed by atoms with Gasteiger partial charge in [-0.15, -0.1) is 0 Å². The number of carbonyl (C=O) groups is 1. The van der Waals surface area contributed by atoms with Crippen LogP contribution in [0, 0.1) is 12.8 Å². The van der Waals surface area contributed by atoms with E-state index in [2.05, 4.69) is 13.8 Å². The van der Waals surface area contributed by atoms with Gasteiger partial charge in [0.25, 0.3) is 11.5 Å². The van der Waals surface area contributed by atoms with Crippen LogP contribution >= 0.6 is 0 Å². The molecule has 1 amide bonds. The van der Waals surface area contributed by atoms with E-state index in [1.54, 1.807) is 4.57 Å². The summed E-state index contributed by atoms with van der Waals surface area (Å²) in [6.45, 7) is 7.64. The van der Waals surface area contributed by atoms with Crippen molar-refractivity contribution < 1.29 is 4.79 Å². The lowest BCUT2D eigenvalue weighted by molar-refractivity contribution is 0.0614. The van der Waals surface area contributed by atoms with Gasteiger partial charge >= 0.3 is 0 Å². The van der Waals surface area contributed by atoms with E-state index in [4.69, 9.17) is 10.7 Å². The number of benzene rings is 3. The zero-order valence-corrected chi connectivity index (χ0v) is 22.9. The fourth-order valence-corrected chi connectivity index (χ4v) is 5.53. The zero-order chi connectivity index (χ0) is 27.5. The fourth-order valence-electron chi connectivity index (χ4n) is 5.53. The highest BCUT2D eigenvalue weighted by Crippen LogP contribution is 2.35. The Hall–Kier alpha value is -4.03. The summed E-state index contributed by atoms with van der Waals surface area (Å²) in [4.78, 5) is 35.4. The normalized spacial score (nSPS) is 12.7. The molecule has 5 rings (SSSR count). The first-order valence-corrected chi connectivity index (χ1v) is 13.7. The lowest BCUT2D eigenvalue weighted by atomic mass is 9.92. The first kappa shape index (κ1) is 26.6. The minimum atomic E-state index is -0.393. The van der Waals surface area contributed by atoms with Crippen molar-refractivity contribution in [2.24, 2.45) is 11.7 Å². The maximum atomic E-state index is 14.2. The van der Waals surface area contributed by atoms with Crippen molar-refractivity contribution in [1.82, 2.24) is 14.5 Å². The number of nitrogens with two attached hydrogens (primary N) is 1. The third-order valence-electron chi connectivity index (χ3n) is 7.51. The van der Waals surface area contributed by atoms with Gasteiger partial charge in [-0.1, -0.05) is 86.1 Å². The molecule has 2 N–H and O–H groups in total. The number of amides is 1. The number of hydrogen-bond donors (Lipinski definition) is 1. The monoisotopic (exact) mass is 520 g/mol. The van der Waals surface area contributed by atoms with Crippen LogP contribution in [0.3, 0.4) is 0 Å². The van der Waals surface area contributed by atoms with Crippen LogP contribution in [0.2, 0.25) is 0 Å². The van der Waals surface area contributed by atoms with Gasteiger partial charge in [0.05, 0.1) is 18.3 Å². The minimum Gasteiger partial charge on any atom is -0.330 e. The van der Waals surface area contributed by atoms with E-state index in [-0.39, 0.29) is 17.4 Å². The molecular weight excluding hydrogens is 484 g/mol. The molecule has 1 aliphatic rings. The Kier molecular flexibility index (Phi) is 7.75. The summed E-state index contributed by atoms with van der Waals surface area (Å²) in [6, 6.07) is 25.3. The Balaban J connectivity index is 1.70.